The number of halogens is 3. The van der Waals surface area contributed by atoms with E-state index in [2.05, 4.69) is 6.07 Å². The Kier molecular flexibility index (Phi) is 7.05. The van der Waals surface area contributed by atoms with Crippen LogP contribution in [0.1, 0.15) is 38.9 Å². The van der Waals surface area contributed by atoms with Gasteiger partial charge in [0.15, 0.2) is 17.4 Å². The van der Waals surface area contributed by atoms with Crippen molar-refractivity contribution in [2.45, 2.75) is 18.8 Å². The first kappa shape index (κ1) is 24.0. The molecule has 3 aromatic carbocycles. The van der Waals surface area contributed by atoms with Crippen molar-refractivity contribution in [3.8, 4) is 5.75 Å². The Morgan fingerprint density at radius 2 is 1.85 bits per heavy atom. The van der Waals surface area contributed by atoms with Crippen LogP contribution in [0.15, 0.2) is 54.6 Å². The number of piperidine rings is 1. The van der Waals surface area contributed by atoms with E-state index in [9.17, 15) is 23.8 Å². The van der Waals surface area contributed by atoms with Crippen LogP contribution in [0.4, 0.5) is 13.2 Å². The van der Waals surface area contributed by atoms with Crippen LogP contribution in [-0.2, 0) is 0 Å². The van der Waals surface area contributed by atoms with Gasteiger partial charge in [-0.2, -0.15) is 0 Å². The number of β-amino-alcohol motifs (C(OH)–C–C–N with tert-alkyl or cyclic N) is 1. The molecule has 0 unspecified atom stereocenters. The molecule has 1 aliphatic rings. The van der Waals surface area contributed by atoms with E-state index >= 15 is 4.39 Å². The Bertz CT molecular complexity index is 1200. The number of aliphatic hydroxyl groups is 1. The van der Waals surface area contributed by atoms with Gasteiger partial charge in [-0.3, -0.25) is 9.69 Å². The van der Waals surface area contributed by atoms with Crippen LogP contribution in [0.25, 0.3) is 0 Å². The maximum absolute atomic E-state index is 15.0. The molecule has 0 saturated carbocycles. The zero-order valence-corrected chi connectivity index (χ0v) is 18.6. The van der Waals surface area contributed by atoms with Crippen LogP contribution in [0.5, 0.6) is 5.75 Å². The maximum Gasteiger partial charge on any atom is 0.167 e. The van der Waals surface area contributed by atoms with Crippen molar-refractivity contribution in [3.05, 3.63) is 100 Å². The number of benzene rings is 3. The van der Waals surface area contributed by atoms with Gasteiger partial charge in [-0.05, 0) is 41.8 Å². The molecule has 0 bridgehead atoms. The summed E-state index contributed by atoms with van der Waals surface area (Å²) in [5.41, 5.74) is 1.22. The minimum Gasteiger partial charge on any atom is -0.508 e. The third kappa shape index (κ3) is 4.58. The molecule has 3 atom stereocenters. The van der Waals surface area contributed by atoms with Gasteiger partial charge in [0.1, 0.15) is 11.6 Å². The number of carbonyl (C=O) groups excluding carboxylic acids is 1. The van der Waals surface area contributed by atoms with E-state index in [1.54, 1.807) is 31.2 Å². The van der Waals surface area contributed by atoms with Gasteiger partial charge in [0, 0.05) is 49.0 Å². The molecule has 34 heavy (non-hydrogen) atoms. The van der Waals surface area contributed by atoms with Crippen molar-refractivity contribution in [1.29, 1.82) is 0 Å². The molecule has 1 heterocycles. The van der Waals surface area contributed by atoms with E-state index in [-0.39, 0.29) is 48.9 Å². The lowest BCUT2D eigenvalue weighted by Crippen LogP contribution is -2.48. The van der Waals surface area contributed by atoms with Gasteiger partial charge in [-0.15, -0.1) is 0 Å². The average molecular weight is 468 g/mol. The summed E-state index contributed by atoms with van der Waals surface area (Å²) < 4.78 is 43.8. The van der Waals surface area contributed by atoms with Crippen LogP contribution in [0.3, 0.4) is 0 Å². The van der Waals surface area contributed by atoms with E-state index in [4.69, 9.17) is 0 Å². The van der Waals surface area contributed by atoms with E-state index in [1.807, 2.05) is 4.90 Å². The number of rotatable bonds is 6. The highest BCUT2D eigenvalue weighted by Crippen LogP contribution is 2.46. The Morgan fingerprint density at radius 1 is 1.09 bits per heavy atom. The topological polar surface area (TPSA) is 60.8 Å². The Morgan fingerprint density at radius 3 is 2.59 bits per heavy atom. The fraction of sp³-hybridized carbons (Fsp3) is 0.296. The van der Waals surface area contributed by atoms with E-state index in [0.29, 0.717) is 11.1 Å². The molecular weight excluding hydrogens is 443 g/mol. The summed E-state index contributed by atoms with van der Waals surface area (Å²) >= 11 is 0. The number of phenolic OH excluding ortho intramolecular Hbond substituents is 1. The van der Waals surface area contributed by atoms with Gasteiger partial charge in [0.05, 0.1) is 6.61 Å². The Hall–Kier alpha value is -3.16. The third-order valence-electron chi connectivity index (χ3n) is 6.65. The zero-order chi connectivity index (χ0) is 24.4. The second kappa shape index (κ2) is 9.99. The van der Waals surface area contributed by atoms with Crippen molar-refractivity contribution in [2.75, 3.05) is 26.2 Å². The molecule has 177 valence electrons. The number of aromatic hydroxyl groups is 1. The normalized spacial score (nSPS) is 20.9. The second-order valence-electron chi connectivity index (χ2n) is 8.65. The number of Topliss-reactive ketones (excluding diaryl/α,β-unsaturated/α-hetero) is 1. The SMILES string of the molecule is Cc1c(F)cccc1[C@H]1[C@@H](C(=O)c2cccc(O)c2)CN(CCO)C[C@@H]1c1cc[c]c(F)c1F. The molecule has 0 spiro atoms. The Balaban J connectivity index is 1.91. The molecule has 1 radical (unpaired) electrons. The highest BCUT2D eigenvalue weighted by Gasteiger charge is 2.44. The molecule has 4 rings (SSSR count). The number of hydrogen-bond donors (Lipinski definition) is 2. The fourth-order valence-electron chi connectivity index (χ4n) is 5.05. The lowest BCUT2D eigenvalue weighted by molar-refractivity contribution is 0.0696. The fourth-order valence-corrected chi connectivity index (χ4v) is 5.05. The van der Waals surface area contributed by atoms with Gasteiger partial charge < -0.3 is 10.2 Å². The smallest absolute Gasteiger partial charge is 0.167 e. The average Bonchev–Trinajstić information content (AvgIpc) is 2.82. The number of nitrogens with zero attached hydrogens (tertiary/aromatic N) is 1. The summed E-state index contributed by atoms with van der Waals surface area (Å²) in [6.45, 7) is 2.13. The molecule has 4 nitrogen and oxygen atoms in total. The van der Waals surface area contributed by atoms with E-state index in [1.165, 1.54) is 30.3 Å². The van der Waals surface area contributed by atoms with Crippen molar-refractivity contribution in [2.24, 2.45) is 5.92 Å². The largest absolute Gasteiger partial charge is 0.508 e. The van der Waals surface area contributed by atoms with Crippen molar-refractivity contribution >= 4 is 5.78 Å². The van der Waals surface area contributed by atoms with Crippen LogP contribution < -0.4 is 0 Å². The van der Waals surface area contributed by atoms with Gasteiger partial charge in [-0.25, -0.2) is 13.2 Å². The van der Waals surface area contributed by atoms with Crippen LogP contribution in [0, 0.1) is 36.4 Å². The lowest BCUT2D eigenvalue weighted by atomic mass is 9.67. The first-order chi connectivity index (χ1) is 16.3. The molecule has 1 saturated heterocycles. The molecule has 3 aromatic rings. The van der Waals surface area contributed by atoms with Crippen LogP contribution in [-0.4, -0.2) is 47.1 Å². The first-order valence-electron chi connectivity index (χ1n) is 11.1. The summed E-state index contributed by atoms with van der Waals surface area (Å²) in [4.78, 5) is 15.6. The zero-order valence-electron chi connectivity index (χ0n) is 18.6. The lowest BCUT2D eigenvalue weighted by Gasteiger charge is -2.44. The maximum atomic E-state index is 15.0. The molecule has 7 heteroatoms. The number of ketones is 1. The van der Waals surface area contributed by atoms with Crippen molar-refractivity contribution in [1.82, 2.24) is 4.90 Å². The van der Waals surface area contributed by atoms with Gasteiger partial charge >= 0.3 is 0 Å². The highest BCUT2D eigenvalue weighted by molar-refractivity contribution is 5.99. The second-order valence-corrected chi connectivity index (χ2v) is 8.65. The number of likely N-dealkylation sites (tertiary alicyclic amines) is 1. The van der Waals surface area contributed by atoms with Crippen molar-refractivity contribution < 1.29 is 28.2 Å². The first-order valence-corrected chi connectivity index (χ1v) is 11.1. The van der Waals surface area contributed by atoms with E-state index in [0.717, 1.165) is 0 Å². The number of aliphatic hydroxyl groups excluding tert-OH is 1. The summed E-state index contributed by atoms with van der Waals surface area (Å²) in [7, 11) is 0. The monoisotopic (exact) mass is 468 g/mol. The molecule has 1 fully saturated rings. The molecule has 1 aliphatic heterocycles. The van der Waals surface area contributed by atoms with Gasteiger partial charge in [0.2, 0.25) is 0 Å². The summed E-state index contributed by atoms with van der Waals surface area (Å²) in [6.07, 6.45) is 0. The third-order valence-corrected chi connectivity index (χ3v) is 6.65. The molecule has 0 amide bonds. The summed E-state index contributed by atoms with van der Waals surface area (Å²) in [5.74, 6) is -5.14. The number of carbonyl (C=O) groups is 1. The predicted molar refractivity (Wildman–Crippen MR) is 121 cm³/mol. The van der Waals surface area contributed by atoms with Crippen LogP contribution in [0.2, 0.25) is 0 Å². The van der Waals surface area contributed by atoms with Gasteiger partial charge in [-0.1, -0.05) is 36.4 Å². The molecule has 0 aromatic heterocycles. The predicted octanol–water partition coefficient (Wildman–Crippen LogP) is 4.59. The summed E-state index contributed by atoms with van der Waals surface area (Å²) in [5, 5.41) is 19.5. The minimum absolute atomic E-state index is 0.0706. The number of phenols is 1. The van der Waals surface area contributed by atoms with Gasteiger partial charge in [0.25, 0.3) is 0 Å². The van der Waals surface area contributed by atoms with Crippen LogP contribution >= 0.6 is 0 Å². The molecular formula is C27H25F3NO3. The minimum atomic E-state index is -1.12. The Labute approximate surface area is 196 Å². The quantitative estimate of drug-likeness (QED) is 0.520. The molecule has 0 aliphatic carbocycles. The standard InChI is InChI=1S/C27H25F3NO3/c1-16-19(7-3-9-23(16)28)25-21(20-8-4-10-24(29)26(20)30)14-31(11-12-32)15-22(25)27(34)17-5-2-6-18(33)13-17/h2-9,13,21-22,25,32-33H,11-12,14-15H2,1H3/t21-,22+,25-/m1/s1. The molecule has 2 N–H and O–H groups in total. The summed E-state index contributed by atoms with van der Waals surface area (Å²) in [6, 6.07) is 15.4. The number of hydrogen-bond acceptors (Lipinski definition) is 4. The van der Waals surface area contributed by atoms with Crippen molar-refractivity contribution in [3.63, 3.8) is 0 Å². The van der Waals surface area contributed by atoms with E-state index < -0.39 is 35.2 Å². The highest BCUT2D eigenvalue weighted by atomic mass is 19.2.